The van der Waals surface area contributed by atoms with Gasteiger partial charge in [-0.05, 0) is 0 Å². The normalized spacial score (nSPS) is 20.9. The minimum absolute atomic E-state index is 0.0810. The first-order valence-electron chi connectivity index (χ1n) is 5.75. The molecule has 1 aliphatic carbocycles. The van der Waals surface area contributed by atoms with Crippen molar-refractivity contribution in [3.63, 3.8) is 0 Å². The van der Waals surface area contributed by atoms with Gasteiger partial charge in [-0.25, -0.2) is 0 Å². The van der Waals surface area contributed by atoms with Crippen LogP contribution in [-0.2, 0) is 14.3 Å². The second kappa shape index (κ2) is 5.34. The molecule has 90 valence electrons. The van der Waals surface area contributed by atoms with Gasteiger partial charge in [-0.2, -0.15) is 0 Å². The molecule has 0 aromatic heterocycles. The van der Waals surface area contributed by atoms with Gasteiger partial charge < -0.3 is 0 Å². The third-order valence-electron chi connectivity index (χ3n) is 2.69. The van der Waals surface area contributed by atoms with Crippen LogP contribution in [0.1, 0.15) is 19.8 Å². The molecule has 0 heterocycles. The van der Waals surface area contributed by atoms with Crippen molar-refractivity contribution < 1.29 is 14.3 Å². The van der Waals surface area contributed by atoms with Crippen molar-refractivity contribution in [3.05, 3.63) is 9.67 Å². The molecule has 0 aromatic carbocycles. The Kier molecular flexibility index (Phi) is 4.59. The Bertz CT molecular complexity index is 326. The molecule has 1 aliphatic rings. The van der Waals surface area contributed by atoms with E-state index in [-0.39, 0.29) is 17.7 Å². The van der Waals surface area contributed by atoms with Gasteiger partial charge in [-0.1, -0.05) is 0 Å². The predicted molar refractivity (Wildman–Crippen MR) is 65.8 cm³/mol. The molecule has 1 rings (SSSR count). The molecule has 0 spiro atoms. The molecule has 0 saturated carbocycles. The van der Waals surface area contributed by atoms with E-state index in [0.29, 0.717) is 19.4 Å². The number of carbonyl (C=O) groups is 2. The molecule has 4 heteroatoms. The van der Waals surface area contributed by atoms with Crippen LogP contribution in [0.4, 0.5) is 0 Å². The number of carbonyl (C=O) groups excluding carboxylic acids is 2. The van der Waals surface area contributed by atoms with Crippen LogP contribution < -0.4 is 0 Å². The van der Waals surface area contributed by atoms with Crippen LogP contribution in [0.5, 0.6) is 0 Å². The molecule has 1 atom stereocenters. The van der Waals surface area contributed by atoms with E-state index < -0.39 is 18.4 Å². The first kappa shape index (κ1) is 13.7. The van der Waals surface area contributed by atoms with E-state index in [4.69, 9.17) is 4.74 Å². The fourth-order valence-electron chi connectivity index (χ4n) is 1.97. The van der Waals surface area contributed by atoms with E-state index in [1.165, 1.54) is 0 Å². The summed E-state index contributed by atoms with van der Waals surface area (Å²) in [7, 11) is 0. The number of rotatable bonds is 4. The van der Waals surface area contributed by atoms with Crippen LogP contribution in [0.15, 0.2) is 9.67 Å². The Morgan fingerprint density at radius 1 is 1.50 bits per heavy atom. The molecule has 0 amide bonds. The van der Waals surface area contributed by atoms with Gasteiger partial charge in [0.25, 0.3) is 0 Å². The maximum absolute atomic E-state index is 11.8. The van der Waals surface area contributed by atoms with Crippen molar-refractivity contribution in [1.29, 1.82) is 0 Å². The van der Waals surface area contributed by atoms with Gasteiger partial charge in [0.1, 0.15) is 0 Å². The van der Waals surface area contributed by atoms with Gasteiger partial charge in [0, 0.05) is 0 Å². The van der Waals surface area contributed by atoms with Crippen molar-refractivity contribution in [3.8, 4) is 0 Å². The topological polar surface area (TPSA) is 43.4 Å². The molecular weight excluding hydrogens is 311 g/mol. The number of allylic oxidation sites excluding steroid dienone is 2. The first-order valence-corrected chi connectivity index (χ1v) is 15.7. The zero-order valence-electron chi connectivity index (χ0n) is 10.5. The standard InChI is InChI=1S/C9H11O3.3CH3.Sn/c1-2-12-9(11)6-7-3-4-8(10)5-7;;;;/h3,7H,2,5-6H2,1H3;3*1H3;/t7-;;;;/m0..../s1. The van der Waals surface area contributed by atoms with Crippen molar-refractivity contribution in [2.75, 3.05) is 6.61 Å². The molecule has 0 fully saturated rings. The molecule has 0 aliphatic heterocycles. The summed E-state index contributed by atoms with van der Waals surface area (Å²) < 4.78 is 5.96. The summed E-state index contributed by atoms with van der Waals surface area (Å²) in [6, 6.07) is 0. The van der Waals surface area contributed by atoms with Crippen molar-refractivity contribution >= 4 is 30.1 Å². The van der Waals surface area contributed by atoms with Crippen molar-refractivity contribution in [2.45, 2.75) is 34.6 Å². The molecule has 16 heavy (non-hydrogen) atoms. The fourth-order valence-corrected chi connectivity index (χ4v) is 6.75. The van der Waals surface area contributed by atoms with Gasteiger partial charge in [0.05, 0.1) is 0 Å². The van der Waals surface area contributed by atoms with Crippen molar-refractivity contribution in [1.82, 2.24) is 0 Å². The third-order valence-corrected chi connectivity index (χ3v) is 8.58. The molecule has 0 bridgehead atoms. The number of ketones is 1. The Labute approximate surface area is 101 Å². The average Bonchev–Trinajstić information content (AvgIpc) is 2.46. The van der Waals surface area contributed by atoms with E-state index in [1.54, 1.807) is 6.92 Å². The predicted octanol–water partition coefficient (Wildman–Crippen LogP) is 2.33. The molecule has 0 N–H and O–H groups in total. The number of ether oxygens (including phenoxy) is 1. The van der Waals surface area contributed by atoms with Crippen molar-refractivity contribution in [2.24, 2.45) is 5.92 Å². The van der Waals surface area contributed by atoms with E-state index in [2.05, 4.69) is 14.8 Å². The summed E-state index contributed by atoms with van der Waals surface area (Å²) in [6.45, 7) is 2.21. The van der Waals surface area contributed by atoms with E-state index in [0.717, 1.165) is 3.59 Å². The molecule has 0 unspecified atom stereocenters. The second-order valence-corrected chi connectivity index (χ2v) is 19.6. The summed E-state index contributed by atoms with van der Waals surface area (Å²) >= 11 is -2.26. The van der Waals surface area contributed by atoms with Crippen LogP contribution in [0.25, 0.3) is 0 Å². The Morgan fingerprint density at radius 3 is 2.56 bits per heavy atom. The molecule has 0 saturated heterocycles. The first-order chi connectivity index (χ1) is 7.34. The van der Waals surface area contributed by atoms with E-state index in [1.807, 2.05) is 6.08 Å². The molecule has 3 nitrogen and oxygen atoms in total. The fraction of sp³-hybridized carbons (Fsp3) is 0.667. The van der Waals surface area contributed by atoms with Gasteiger partial charge in [0.15, 0.2) is 0 Å². The SMILES string of the molecule is CCOC(=O)C[C@H]1C=[C]([Sn]([CH3])([CH3])[CH3])C(=O)C1. The van der Waals surface area contributed by atoms with Crippen LogP contribution in [0.2, 0.25) is 14.8 Å². The second-order valence-electron chi connectivity index (χ2n) is 5.23. The average molecular weight is 331 g/mol. The monoisotopic (exact) mass is 332 g/mol. The van der Waals surface area contributed by atoms with Gasteiger partial charge >= 0.3 is 101 Å². The van der Waals surface area contributed by atoms with Crippen LogP contribution >= 0.6 is 0 Å². The molecular formula is C12H20O3Sn. The summed E-state index contributed by atoms with van der Waals surface area (Å²) in [5.41, 5.74) is 0. The van der Waals surface area contributed by atoms with Crippen LogP contribution in [0.3, 0.4) is 0 Å². The number of hydrogen-bond donors (Lipinski definition) is 0. The summed E-state index contributed by atoms with van der Waals surface area (Å²) in [5.74, 6) is 0.150. The van der Waals surface area contributed by atoms with E-state index >= 15 is 0 Å². The van der Waals surface area contributed by atoms with E-state index in [9.17, 15) is 9.59 Å². The summed E-state index contributed by atoms with van der Waals surface area (Å²) in [5, 5.41) is 0. The maximum atomic E-state index is 11.8. The number of esters is 1. The zero-order valence-corrected chi connectivity index (χ0v) is 13.4. The number of hydrogen-bond acceptors (Lipinski definition) is 3. The van der Waals surface area contributed by atoms with Crippen LogP contribution in [0, 0.1) is 5.92 Å². The third kappa shape index (κ3) is 3.61. The van der Waals surface area contributed by atoms with Gasteiger partial charge in [0.2, 0.25) is 0 Å². The summed E-state index contributed by atoms with van der Waals surface area (Å²) in [4.78, 5) is 29.8. The molecule has 0 radical (unpaired) electrons. The Hall–Kier alpha value is -0.321. The summed E-state index contributed by atoms with van der Waals surface area (Å²) in [6.07, 6.45) is 2.89. The zero-order chi connectivity index (χ0) is 12.3. The number of Topliss-reactive ketones (excluding diaryl/α,β-unsaturated/α-hetero) is 1. The quantitative estimate of drug-likeness (QED) is 0.587. The minimum atomic E-state index is -2.26. The van der Waals surface area contributed by atoms with Gasteiger partial charge in [-0.3, -0.25) is 0 Å². The Morgan fingerprint density at radius 2 is 2.12 bits per heavy atom. The van der Waals surface area contributed by atoms with Crippen LogP contribution in [-0.4, -0.2) is 36.7 Å². The van der Waals surface area contributed by atoms with Gasteiger partial charge in [-0.15, -0.1) is 0 Å². The Balaban J connectivity index is 2.64. The molecule has 0 aromatic rings.